The lowest BCUT2D eigenvalue weighted by molar-refractivity contribution is 0.0993. The Bertz CT molecular complexity index is 1130. The first-order chi connectivity index (χ1) is 11.7. The summed E-state index contributed by atoms with van der Waals surface area (Å²) in [6.45, 7) is 0. The minimum absolute atomic E-state index is 0.0436. The first-order valence-corrected chi connectivity index (χ1v) is 7.26. The maximum Gasteiger partial charge on any atom is 0.344 e. The third kappa shape index (κ3) is 2.50. The number of hydrogen-bond acceptors (Lipinski definition) is 5. The standard InChI is InChI=1S/C18H11N3O3/c22-17(16-9-11-3-1-2-4-13(11)18(23)24-16)21-12-5-6-14-15(10-12)20-8-7-19-14/h1-10H,(H,21,22). The van der Waals surface area contributed by atoms with Crippen molar-refractivity contribution in [2.45, 2.75) is 0 Å². The molecule has 0 fully saturated rings. The number of carbonyl (C=O) groups is 1. The minimum atomic E-state index is -0.539. The molecule has 2 heterocycles. The molecule has 0 aliphatic rings. The molecule has 0 spiro atoms. The largest absolute Gasteiger partial charge is 0.417 e. The van der Waals surface area contributed by atoms with Crippen LogP contribution in [0, 0.1) is 0 Å². The molecular weight excluding hydrogens is 306 g/mol. The number of rotatable bonds is 2. The van der Waals surface area contributed by atoms with Crippen molar-refractivity contribution >= 4 is 33.4 Å². The summed E-state index contributed by atoms with van der Waals surface area (Å²) < 4.78 is 5.12. The van der Waals surface area contributed by atoms with Crippen LogP contribution in [0.25, 0.3) is 21.8 Å². The Kier molecular flexibility index (Phi) is 3.28. The van der Waals surface area contributed by atoms with E-state index in [1.165, 1.54) is 0 Å². The van der Waals surface area contributed by atoms with Gasteiger partial charge in [0.2, 0.25) is 0 Å². The number of anilines is 1. The lowest BCUT2D eigenvalue weighted by Crippen LogP contribution is -2.15. The van der Waals surface area contributed by atoms with Gasteiger partial charge in [0.25, 0.3) is 5.91 Å². The molecule has 0 aliphatic heterocycles. The molecule has 0 radical (unpaired) electrons. The fourth-order valence-electron chi connectivity index (χ4n) is 2.48. The summed E-state index contributed by atoms with van der Waals surface area (Å²) >= 11 is 0. The minimum Gasteiger partial charge on any atom is -0.417 e. The summed E-state index contributed by atoms with van der Waals surface area (Å²) in [5, 5.41) is 3.80. The van der Waals surface area contributed by atoms with Gasteiger partial charge in [-0.15, -0.1) is 0 Å². The molecule has 0 saturated heterocycles. The number of hydrogen-bond donors (Lipinski definition) is 1. The molecule has 24 heavy (non-hydrogen) atoms. The van der Waals surface area contributed by atoms with Crippen LogP contribution in [0.1, 0.15) is 10.6 Å². The molecule has 2 aromatic heterocycles. The van der Waals surface area contributed by atoms with Gasteiger partial charge in [0.1, 0.15) is 0 Å². The molecule has 0 atom stereocenters. The molecule has 4 rings (SSSR count). The van der Waals surface area contributed by atoms with E-state index >= 15 is 0 Å². The Hall–Kier alpha value is -3.54. The van der Waals surface area contributed by atoms with Crippen molar-refractivity contribution in [3.8, 4) is 0 Å². The second kappa shape index (κ2) is 5.58. The zero-order valence-electron chi connectivity index (χ0n) is 12.4. The zero-order valence-corrected chi connectivity index (χ0v) is 12.4. The van der Waals surface area contributed by atoms with Crippen molar-refractivity contribution in [2.75, 3.05) is 5.32 Å². The van der Waals surface area contributed by atoms with E-state index in [1.807, 2.05) is 0 Å². The maximum atomic E-state index is 12.4. The number of carbonyl (C=O) groups excluding carboxylic acids is 1. The molecular formula is C18H11N3O3. The highest BCUT2D eigenvalue weighted by molar-refractivity contribution is 6.04. The SMILES string of the molecule is O=C(Nc1ccc2nccnc2c1)c1cc2ccccc2c(=O)o1. The third-order valence-corrected chi connectivity index (χ3v) is 3.62. The van der Waals surface area contributed by atoms with Crippen molar-refractivity contribution in [2.24, 2.45) is 0 Å². The van der Waals surface area contributed by atoms with Gasteiger partial charge in [-0.3, -0.25) is 14.8 Å². The Labute approximate surface area is 135 Å². The van der Waals surface area contributed by atoms with Gasteiger partial charge >= 0.3 is 5.63 Å². The van der Waals surface area contributed by atoms with Crippen molar-refractivity contribution in [3.63, 3.8) is 0 Å². The van der Waals surface area contributed by atoms with Crippen LogP contribution in [0.4, 0.5) is 5.69 Å². The van der Waals surface area contributed by atoms with E-state index in [1.54, 1.807) is 60.9 Å². The van der Waals surface area contributed by atoms with Gasteiger partial charge in [0.05, 0.1) is 16.4 Å². The van der Waals surface area contributed by atoms with E-state index in [2.05, 4.69) is 15.3 Å². The molecule has 2 aromatic carbocycles. The van der Waals surface area contributed by atoms with Crippen molar-refractivity contribution in [3.05, 3.63) is 77.1 Å². The van der Waals surface area contributed by atoms with Crippen LogP contribution in [0.3, 0.4) is 0 Å². The Morgan fingerprint density at radius 3 is 2.62 bits per heavy atom. The highest BCUT2D eigenvalue weighted by Crippen LogP contribution is 2.17. The van der Waals surface area contributed by atoms with Gasteiger partial charge < -0.3 is 9.73 Å². The summed E-state index contributed by atoms with van der Waals surface area (Å²) in [4.78, 5) is 32.7. The highest BCUT2D eigenvalue weighted by atomic mass is 16.4. The first-order valence-electron chi connectivity index (χ1n) is 7.26. The van der Waals surface area contributed by atoms with Gasteiger partial charge in [0, 0.05) is 18.1 Å². The lowest BCUT2D eigenvalue weighted by Gasteiger charge is -2.06. The molecule has 4 aromatic rings. The number of aromatic nitrogens is 2. The average Bonchev–Trinajstić information content (AvgIpc) is 2.61. The number of amides is 1. The average molecular weight is 317 g/mol. The normalized spacial score (nSPS) is 10.8. The predicted molar refractivity (Wildman–Crippen MR) is 90.0 cm³/mol. The fourth-order valence-corrected chi connectivity index (χ4v) is 2.48. The third-order valence-electron chi connectivity index (χ3n) is 3.62. The molecule has 1 amide bonds. The number of fused-ring (bicyclic) bond motifs is 2. The summed E-state index contributed by atoms with van der Waals surface area (Å²) in [5.74, 6) is -0.543. The van der Waals surface area contributed by atoms with Gasteiger partial charge in [-0.05, 0) is 35.7 Å². The van der Waals surface area contributed by atoms with Gasteiger partial charge in [-0.2, -0.15) is 0 Å². The van der Waals surface area contributed by atoms with Gasteiger partial charge in [0.15, 0.2) is 5.76 Å². The van der Waals surface area contributed by atoms with E-state index < -0.39 is 11.5 Å². The van der Waals surface area contributed by atoms with Crippen molar-refractivity contribution in [1.29, 1.82) is 0 Å². The highest BCUT2D eigenvalue weighted by Gasteiger charge is 2.12. The van der Waals surface area contributed by atoms with Crippen LogP contribution < -0.4 is 10.9 Å². The summed E-state index contributed by atoms with van der Waals surface area (Å²) in [6.07, 6.45) is 3.18. The fraction of sp³-hybridized carbons (Fsp3) is 0. The van der Waals surface area contributed by atoms with Crippen LogP contribution in [0.5, 0.6) is 0 Å². The summed E-state index contributed by atoms with van der Waals surface area (Å²) in [7, 11) is 0. The second-order valence-corrected chi connectivity index (χ2v) is 5.20. The summed E-state index contributed by atoms with van der Waals surface area (Å²) in [5.41, 5.74) is 1.40. The quantitative estimate of drug-likeness (QED) is 0.614. The topological polar surface area (TPSA) is 85.1 Å². The molecule has 116 valence electrons. The molecule has 1 N–H and O–H groups in total. The van der Waals surface area contributed by atoms with E-state index in [4.69, 9.17) is 4.42 Å². The second-order valence-electron chi connectivity index (χ2n) is 5.20. The molecule has 6 nitrogen and oxygen atoms in total. The molecule has 0 unspecified atom stereocenters. The Morgan fingerprint density at radius 2 is 1.75 bits per heavy atom. The maximum absolute atomic E-state index is 12.4. The summed E-state index contributed by atoms with van der Waals surface area (Å²) in [6, 6.07) is 13.7. The van der Waals surface area contributed by atoms with Crippen molar-refractivity contribution in [1.82, 2.24) is 9.97 Å². The number of nitrogens with zero attached hydrogens (tertiary/aromatic N) is 2. The predicted octanol–water partition coefficient (Wildman–Crippen LogP) is 2.99. The first kappa shape index (κ1) is 14.1. The van der Waals surface area contributed by atoms with E-state index in [9.17, 15) is 9.59 Å². The molecule has 0 bridgehead atoms. The van der Waals surface area contributed by atoms with Crippen molar-refractivity contribution < 1.29 is 9.21 Å². The van der Waals surface area contributed by atoms with Crippen LogP contribution in [0.15, 0.2) is 70.1 Å². The van der Waals surface area contributed by atoms with Gasteiger partial charge in [-0.1, -0.05) is 18.2 Å². The van der Waals surface area contributed by atoms with Crippen LogP contribution >= 0.6 is 0 Å². The Balaban J connectivity index is 1.69. The monoisotopic (exact) mass is 317 g/mol. The van der Waals surface area contributed by atoms with E-state index in [0.717, 1.165) is 5.52 Å². The van der Waals surface area contributed by atoms with Crippen LogP contribution in [-0.4, -0.2) is 15.9 Å². The van der Waals surface area contributed by atoms with E-state index in [0.29, 0.717) is 22.0 Å². The lowest BCUT2D eigenvalue weighted by atomic mass is 10.1. The zero-order chi connectivity index (χ0) is 16.5. The number of benzene rings is 2. The van der Waals surface area contributed by atoms with E-state index in [-0.39, 0.29) is 5.76 Å². The van der Waals surface area contributed by atoms with Gasteiger partial charge in [-0.25, -0.2) is 4.79 Å². The smallest absolute Gasteiger partial charge is 0.344 e. The van der Waals surface area contributed by atoms with Crippen LogP contribution in [0.2, 0.25) is 0 Å². The Morgan fingerprint density at radius 1 is 0.958 bits per heavy atom. The number of nitrogens with one attached hydrogen (secondary N) is 1. The molecule has 0 aliphatic carbocycles. The molecule has 0 saturated carbocycles. The molecule has 6 heteroatoms. The van der Waals surface area contributed by atoms with Crippen LogP contribution in [-0.2, 0) is 0 Å².